The SMILES string of the molecule is Cc1ccc2c(c1)C(C)(C)/C(=C\C=C1/CCCC(/C=C/C3=[N+](CCCCS(=O)(=O)O)c4ccccc4C3(C)C)=C1Oc1ccc(C[C@H](CC(=O)[C@H](CCCN=C(N)N)NC(=O)CCCCCCCCC(=O)CC[C@H](NC(=O)NCCCC(=O)O)C(=O)O)C(=O)O)cc1)N2CCCCS(=O)(=O)O. The molecule has 2 heterocycles. The number of hydrogen-bond donors (Lipinski definition) is 10. The number of nitrogens with two attached hydrogens (primary N) is 2. The second-order valence-electron chi connectivity index (χ2n) is 27.5. The number of para-hydroxylation sites is 1. The number of hydrogen-bond acceptors (Lipinski definition) is 14. The average molecular weight is 1440 g/mol. The van der Waals surface area contributed by atoms with Gasteiger partial charge in [0, 0.05) is 92.7 Å². The van der Waals surface area contributed by atoms with Crippen LogP contribution in [0.15, 0.2) is 119 Å². The maximum atomic E-state index is 14.1. The molecule has 27 heteroatoms. The maximum absolute atomic E-state index is 14.1. The Kier molecular flexibility index (Phi) is 31.0. The molecule has 0 spiro atoms. The minimum absolute atomic E-state index is 0.0185. The Labute approximate surface area is 593 Å². The summed E-state index contributed by atoms with van der Waals surface area (Å²) in [5.41, 5.74) is 19.9. The van der Waals surface area contributed by atoms with E-state index in [-0.39, 0.29) is 113 Å². The number of carboxylic acid groups (broad SMARTS) is 3. The lowest BCUT2D eigenvalue weighted by molar-refractivity contribution is -0.438. The summed E-state index contributed by atoms with van der Waals surface area (Å²) < 4.78 is 75.1. The second-order valence-corrected chi connectivity index (χ2v) is 30.6. The number of aliphatic imine (C=N–C) groups is 1. The van der Waals surface area contributed by atoms with Crippen molar-refractivity contribution in [1.29, 1.82) is 0 Å². The molecule has 552 valence electrons. The number of ether oxygens (including phenoxy) is 1. The van der Waals surface area contributed by atoms with Crippen molar-refractivity contribution in [3.63, 3.8) is 0 Å². The summed E-state index contributed by atoms with van der Waals surface area (Å²) in [5, 5.41) is 36.4. The van der Waals surface area contributed by atoms with E-state index in [9.17, 15) is 69.7 Å². The Morgan fingerprint density at radius 3 is 2.03 bits per heavy atom. The molecule has 0 radical (unpaired) electrons. The Morgan fingerprint density at radius 1 is 0.693 bits per heavy atom. The first-order chi connectivity index (χ1) is 47.7. The topological polar surface area (TPSA) is 405 Å². The largest absolute Gasteiger partial charge is 0.481 e. The van der Waals surface area contributed by atoms with E-state index in [1.54, 1.807) is 24.3 Å². The summed E-state index contributed by atoms with van der Waals surface area (Å²) in [5.74, 6) is -5.40. The lowest BCUT2D eigenvalue weighted by Crippen LogP contribution is -2.46. The fourth-order valence-corrected chi connectivity index (χ4v) is 14.3. The number of guanidine groups is 1. The molecule has 0 aromatic heterocycles. The number of urea groups is 1. The molecule has 0 bridgehead atoms. The zero-order valence-corrected chi connectivity index (χ0v) is 60.5. The number of rotatable bonds is 44. The molecule has 0 fully saturated rings. The van der Waals surface area contributed by atoms with E-state index in [2.05, 4.69) is 107 Å². The van der Waals surface area contributed by atoms with Gasteiger partial charge in [-0.15, -0.1) is 0 Å². The quantitative estimate of drug-likeness (QED) is 0.00827. The summed E-state index contributed by atoms with van der Waals surface area (Å²) in [6.45, 7) is 11.9. The molecule has 2 aliphatic heterocycles. The molecule has 3 aromatic carbocycles. The molecule has 12 N–H and O–H groups in total. The van der Waals surface area contributed by atoms with Gasteiger partial charge < -0.3 is 52.4 Å². The minimum Gasteiger partial charge on any atom is -0.481 e. The normalized spacial score (nSPS) is 16.6. The number of benzene rings is 3. The first-order valence-electron chi connectivity index (χ1n) is 35.0. The smallest absolute Gasteiger partial charge is 0.326 e. The third-order valence-corrected chi connectivity index (χ3v) is 20.3. The number of aliphatic carboxylic acids is 3. The molecule has 101 heavy (non-hydrogen) atoms. The van der Waals surface area contributed by atoms with Gasteiger partial charge in [0.05, 0.1) is 28.9 Å². The number of Topliss-reactive ketones (excluding diaryl/α,β-unsaturated/α-hetero) is 2. The van der Waals surface area contributed by atoms with E-state index < -0.39 is 78.8 Å². The number of ketones is 2. The van der Waals surface area contributed by atoms with Crippen molar-refractivity contribution in [3.8, 4) is 5.75 Å². The fraction of sp³-hybridized carbons (Fsp3) is 0.527. The van der Waals surface area contributed by atoms with Gasteiger partial charge in [0.2, 0.25) is 11.6 Å². The number of amides is 3. The fourth-order valence-electron chi connectivity index (χ4n) is 13.2. The van der Waals surface area contributed by atoms with Crippen LogP contribution in [0.4, 0.5) is 16.2 Å². The molecular formula is C74H103N8O17S2+. The van der Waals surface area contributed by atoms with E-state index in [1.165, 1.54) is 0 Å². The van der Waals surface area contributed by atoms with E-state index in [4.69, 9.17) is 21.3 Å². The summed E-state index contributed by atoms with van der Waals surface area (Å²) in [7, 11) is -8.29. The highest BCUT2D eigenvalue weighted by Gasteiger charge is 2.44. The number of carbonyl (C=O) groups is 7. The number of anilines is 1. The van der Waals surface area contributed by atoms with Gasteiger partial charge in [-0.3, -0.25) is 38.1 Å². The van der Waals surface area contributed by atoms with Crippen molar-refractivity contribution < 1.29 is 84.1 Å². The molecule has 25 nitrogen and oxygen atoms in total. The van der Waals surface area contributed by atoms with E-state index in [0.29, 0.717) is 81.5 Å². The molecule has 3 atom stereocenters. The van der Waals surface area contributed by atoms with Crippen LogP contribution in [0.2, 0.25) is 0 Å². The number of unbranched alkanes of at least 4 members (excludes halogenated alkanes) is 7. The number of carboxylic acids is 3. The highest BCUT2D eigenvalue weighted by atomic mass is 32.2. The first kappa shape index (κ1) is 81.4. The van der Waals surface area contributed by atoms with E-state index in [0.717, 1.165) is 76.3 Å². The van der Waals surface area contributed by atoms with Gasteiger partial charge in [0.25, 0.3) is 20.2 Å². The predicted molar refractivity (Wildman–Crippen MR) is 388 cm³/mol. The Bertz CT molecular complexity index is 3870. The zero-order valence-electron chi connectivity index (χ0n) is 58.8. The lowest BCUT2D eigenvalue weighted by Gasteiger charge is -2.27. The number of nitrogens with one attached hydrogen (secondary N) is 3. The van der Waals surface area contributed by atoms with E-state index >= 15 is 0 Å². The van der Waals surface area contributed by atoms with E-state index in [1.807, 2.05) is 25.1 Å². The second kappa shape index (κ2) is 38.5. The maximum Gasteiger partial charge on any atom is 0.326 e. The Balaban J connectivity index is 1.16. The van der Waals surface area contributed by atoms with Crippen LogP contribution < -0.4 is 37.1 Å². The molecule has 0 unspecified atom stereocenters. The van der Waals surface area contributed by atoms with Crippen molar-refractivity contribution >= 4 is 84.7 Å². The molecule has 3 aromatic rings. The van der Waals surface area contributed by atoms with Crippen molar-refractivity contribution in [2.24, 2.45) is 22.4 Å². The van der Waals surface area contributed by atoms with Crippen LogP contribution in [-0.4, -0.2) is 149 Å². The van der Waals surface area contributed by atoms with Gasteiger partial charge in [-0.25, -0.2) is 9.59 Å². The molecule has 3 amide bonds. The highest BCUT2D eigenvalue weighted by molar-refractivity contribution is 7.86. The lowest BCUT2D eigenvalue weighted by atomic mass is 9.81. The van der Waals surface area contributed by atoms with Crippen molar-refractivity contribution in [2.75, 3.05) is 42.6 Å². The van der Waals surface area contributed by atoms with Crippen LogP contribution in [0.5, 0.6) is 5.75 Å². The van der Waals surface area contributed by atoms with Gasteiger partial charge in [-0.05, 0) is 157 Å². The van der Waals surface area contributed by atoms with Gasteiger partial charge in [-0.2, -0.15) is 21.4 Å². The number of aryl methyl sites for hydroxylation is 1. The van der Waals surface area contributed by atoms with Gasteiger partial charge >= 0.3 is 23.9 Å². The van der Waals surface area contributed by atoms with Crippen LogP contribution >= 0.6 is 0 Å². The van der Waals surface area contributed by atoms with Crippen LogP contribution in [0, 0.1) is 12.8 Å². The van der Waals surface area contributed by atoms with Crippen molar-refractivity contribution in [1.82, 2.24) is 16.0 Å². The molecule has 0 saturated carbocycles. The summed E-state index contributed by atoms with van der Waals surface area (Å²) in [6, 6.07) is 18.4. The first-order valence-corrected chi connectivity index (χ1v) is 38.2. The standard InChI is InChI=1S/C74H102N8O17S2/c1-50-29-38-62-58(47-50)74(4,5)65(82(62)44-15-17-46-101(96,97)98)40-33-53-22-18-21-52(32-39-64-73(2,3)57-24-12-13-26-61(57)81(64)43-14-16-45-100(93,94)95)68(53)99-56-35-30-51(31-36-56)48-54(69(88)89)49-63(84)59(25-19-41-77-71(75)76)79-66(85)27-11-9-7-6-8-10-23-55(83)34-37-60(70(90)91)80-72(92)78-42-20-28-67(86)87/h12-13,24,26,29-33,35-36,38-40,47,54,59-60H,6-11,14-23,25,27-28,34,37,41-46,48-49H2,1-5H3,(H11-,75,76,77,78,79,80,85,86,87,88,89,90,91,92,93,94,95,96,97,98)/p+1/t54-,59+,60+/m1/s1. The number of fused-ring (bicyclic) bond motifs is 2. The number of carbonyl (C=O) groups excluding carboxylic acids is 4. The molecular weight excluding hydrogens is 1340 g/mol. The molecule has 0 saturated heterocycles. The minimum atomic E-state index is -4.15. The molecule has 1 aliphatic carbocycles. The van der Waals surface area contributed by atoms with Gasteiger partial charge in [0.15, 0.2) is 17.5 Å². The highest BCUT2D eigenvalue weighted by Crippen LogP contribution is 2.49. The molecule has 6 rings (SSSR count). The summed E-state index contributed by atoms with van der Waals surface area (Å²) >= 11 is 0. The zero-order chi connectivity index (χ0) is 74.1. The molecule has 3 aliphatic rings. The monoisotopic (exact) mass is 1440 g/mol. The van der Waals surface area contributed by atoms with Gasteiger partial charge in [-0.1, -0.05) is 93.6 Å². The van der Waals surface area contributed by atoms with Crippen molar-refractivity contribution in [2.45, 2.75) is 205 Å². The van der Waals surface area contributed by atoms with Crippen LogP contribution in [0.25, 0.3) is 0 Å². The van der Waals surface area contributed by atoms with Gasteiger partial charge in [0.1, 0.15) is 29.9 Å². The Hall–Kier alpha value is -8.53. The van der Waals surface area contributed by atoms with Crippen LogP contribution in [0.1, 0.15) is 191 Å². The summed E-state index contributed by atoms with van der Waals surface area (Å²) in [6.07, 6.45) is 16.3. The predicted octanol–water partition coefficient (Wildman–Crippen LogP) is 10.2. The third kappa shape index (κ3) is 26.1. The van der Waals surface area contributed by atoms with Crippen LogP contribution in [-0.2, 0) is 66.3 Å². The average Bonchev–Trinajstić information content (AvgIpc) is 1.60. The van der Waals surface area contributed by atoms with Crippen LogP contribution in [0.3, 0.4) is 0 Å². The van der Waals surface area contributed by atoms with Crippen molar-refractivity contribution in [3.05, 3.63) is 136 Å². The number of nitrogens with zero attached hydrogens (tertiary/aromatic N) is 3. The Morgan fingerprint density at radius 2 is 1.37 bits per heavy atom. The third-order valence-electron chi connectivity index (χ3n) is 18.6. The number of allylic oxidation sites excluding steroid dienone is 7. The summed E-state index contributed by atoms with van der Waals surface area (Å²) in [4.78, 5) is 93.8.